The first-order valence-electron chi connectivity index (χ1n) is 7.61. The first-order valence-corrected chi connectivity index (χ1v) is 9.43. The van der Waals surface area contributed by atoms with Gasteiger partial charge in [-0.1, -0.05) is 18.2 Å². The Morgan fingerprint density at radius 1 is 1.26 bits per heavy atom. The second-order valence-corrected chi connectivity index (χ2v) is 7.95. The third-order valence-electron chi connectivity index (χ3n) is 3.90. The van der Waals surface area contributed by atoms with Gasteiger partial charge in [0.25, 0.3) is 0 Å². The van der Waals surface area contributed by atoms with E-state index in [1.54, 1.807) is 6.20 Å². The number of nitrogens with one attached hydrogen (secondary N) is 2. The molecular weight excluding hydrogens is 314 g/mol. The fourth-order valence-electron chi connectivity index (χ4n) is 2.77. The summed E-state index contributed by atoms with van der Waals surface area (Å²) in [5.41, 5.74) is 1.76. The Morgan fingerprint density at radius 2 is 2.09 bits per heavy atom. The van der Waals surface area contributed by atoms with Gasteiger partial charge >= 0.3 is 0 Å². The average molecular weight is 333 g/mol. The molecule has 3 rings (SSSR count). The molecule has 6 nitrogen and oxygen atoms in total. The highest BCUT2D eigenvalue weighted by molar-refractivity contribution is 7.91. The number of sulfone groups is 1. The monoisotopic (exact) mass is 333 g/mol. The van der Waals surface area contributed by atoms with E-state index in [1.165, 1.54) is 0 Å². The van der Waals surface area contributed by atoms with E-state index >= 15 is 0 Å². The van der Waals surface area contributed by atoms with Crippen LogP contribution in [0.3, 0.4) is 0 Å². The van der Waals surface area contributed by atoms with Crippen LogP contribution in [0.25, 0.3) is 10.9 Å². The Balaban J connectivity index is 1.52. The molecule has 2 heterocycles. The van der Waals surface area contributed by atoms with Crippen LogP contribution in [0.2, 0.25) is 0 Å². The highest BCUT2D eigenvalue weighted by Gasteiger charge is 2.28. The summed E-state index contributed by atoms with van der Waals surface area (Å²) in [6.45, 7) is 0.473. The van der Waals surface area contributed by atoms with Crippen molar-refractivity contribution < 1.29 is 13.2 Å². The lowest BCUT2D eigenvalue weighted by Gasteiger charge is -2.12. The number of rotatable bonds is 5. The van der Waals surface area contributed by atoms with Gasteiger partial charge in [-0.05, 0) is 18.6 Å². The maximum Gasteiger partial charge on any atom is 0.222 e. The number of hydrogen-bond acceptors (Lipinski definition) is 5. The number of carbonyl (C=O) groups excluding carboxylic acids is 1. The maximum absolute atomic E-state index is 11.9. The van der Waals surface area contributed by atoms with Gasteiger partial charge in [-0.25, -0.2) is 8.42 Å². The lowest BCUT2D eigenvalue weighted by Crippen LogP contribution is -2.36. The molecular formula is C16H19N3O3S. The number of para-hydroxylation sites is 1. The standard InChI is InChI=1S/C16H19N3O3S/c20-15(19-13-7-10-23(21,22)11-13)6-9-17-14-5-1-3-12-4-2-8-18-16(12)14/h1-5,8,13,17H,6-7,9-11H2,(H,19,20). The predicted molar refractivity (Wildman–Crippen MR) is 90.1 cm³/mol. The van der Waals surface area contributed by atoms with E-state index in [0.29, 0.717) is 19.4 Å². The van der Waals surface area contributed by atoms with Gasteiger partial charge in [0.2, 0.25) is 5.91 Å². The summed E-state index contributed by atoms with van der Waals surface area (Å²) in [6.07, 6.45) is 2.54. The highest BCUT2D eigenvalue weighted by atomic mass is 32.2. The largest absolute Gasteiger partial charge is 0.383 e. The van der Waals surface area contributed by atoms with Gasteiger partial charge in [-0.2, -0.15) is 0 Å². The summed E-state index contributed by atoms with van der Waals surface area (Å²) < 4.78 is 22.8. The molecule has 0 radical (unpaired) electrons. The number of nitrogens with zero attached hydrogens (tertiary/aromatic N) is 1. The summed E-state index contributed by atoms with van der Waals surface area (Å²) in [5.74, 6) is 0.0879. The molecule has 1 fully saturated rings. The van der Waals surface area contributed by atoms with Crippen LogP contribution in [-0.2, 0) is 14.6 Å². The first kappa shape index (κ1) is 15.7. The lowest BCUT2D eigenvalue weighted by atomic mass is 10.2. The third kappa shape index (κ3) is 3.98. The van der Waals surface area contributed by atoms with Crippen LogP contribution in [0.1, 0.15) is 12.8 Å². The van der Waals surface area contributed by atoms with Crippen molar-refractivity contribution in [2.45, 2.75) is 18.9 Å². The highest BCUT2D eigenvalue weighted by Crippen LogP contribution is 2.20. The molecule has 1 atom stereocenters. The number of benzene rings is 1. The quantitative estimate of drug-likeness (QED) is 0.862. The van der Waals surface area contributed by atoms with E-state index in [9.17, 15) is 13.2 Å². The molecule has 0 bridgehead atoms. The Morgan fingerprint density at radius 3 is 2.87 bits per heavy atom. The fraction of sp³-hybridized carbons (Fsp3) is 0.375. The van der Waals surface area contributed by atoms with E-state index in [4.69, 9.17) is 0 Å². The van der Waals surface area contributed by atoms with Crippen molar-refractivity contribution in [1.82, 2.24) is 10.3 Å². The van der Waals surface area contributed by atoms with Crippen molar-refractivity contribution in [3.8, 4) is 0 Å². The van der Waals surface area contributed by atoms with E-state index in [1.807, 2.05) is 30.3 Å². The molecule has 1 unspecified atom stereocenters. The number of carbonyl (C=O) groups is 1. The van der Waals surface area contributed by atoms with E-state index < -0.39 is 9.84 Å². The molecule has 1 aliphatic rings. The molecule has 2 aromatic rings. The molecule has 1 amide bonds. The Labute approximate surface area is 135 Å². The zero-order valence-electron chi connectivity index (χ0n) is 12.7. The van der Waals surface area contributed by atoms with E-state index in [2.05, 4.69) is 15.6 Å². The molecule has 7 heteroatoms. The molecule has 0 saturated carbocycles. The number of aromatic nitrogens is 1. The Kier molecular flexibility index (Phi) is 4.47. The Bertz CT molecular complexity index is 815. The van der Waals surface area contributed by atoms with Gasteiger partial charge in [0, 0.05) is 30.6 Å². The minimum atomic E-state index is -2.97. The fourth-order valence-corrected chi connectivity index (χ4v) is 4.44. The number of anilines is 1. The van der Waals surface area contributed by atoms with Crippen molar-refractivity contribution in [3.05, 3.63) is 36.5 Å². The molecule has 1 aromatic carbocycles. The summed E-state index contributed by atoms with van der Waals surface area (Å²) in [5, 5.41) is 7.04. The predicted octanol–water partition coefficient (Wildman–Crippen LogP) is 1.34. The summed E-state index contributed by atoms with van der Waals surface area (Å²) in [4.78, 5) is 16.3. The second kappa shape index (κ2) is 6.54. The van der Waals surface area contributed by atoms with Crippen molar-refractivity contribution in [2.24, 2.45) is 0 Å². The molecule has 0 aliphatic carbocycles. The van der Waals surface area contributed by atoms with E-state index in [-0.39, 0.29) is 23.5 Å². The number of fused-ring (bicyclic) bond motifs is 1. The van der Waals surface area contributed by atoms with Crippen molar-refractivity contribution >= 4 is 32.3 Å². The summed E-state index contributed by atoms with van der Waals surface area (Å²) >= 11 is 0. The molecule has 0 spiro atoms. The van der Waals surface area contributed by atoms with Crippen LogP contribution in [0, 0.1) is 0 Å². The van der Waals surface area contributed by atoms with Gasteiger partial charge in [0.05, 0.1) is 22.7 Å². The van der Waals surface area contributed by atoms with Gasteiger partial charge in [0.1, 0.15) is 0 Å². The lowest BCUT2D eigenvalue weighted by molar-refractivity contribution is -0.121. The molecule has 1 aromatic heterocycles. The van der Waals surface area contributed by atoms with E-state index in [0.717, 1.165) is 16.6 Å². The van der Waals surface area contributed by atoms with Gasteiger partial charge in [-0.3, -0.25) is 9.78 Å². The molecule has 23 heavy (non-hydrogen) atoms. The van der Waals surface area contributed by atoms with Crippen LogP contribution in [-0.4, -0.2) is 43.4 Å². The van der Waals surface area contributed by atoms with Crippen molar-refractivity contribution in [1.29, 1.82) is 0 Å². The van der Waals surface area contributed by atoms with Crippen LogP contribution >= 0.6 is 0 Å². The van der Waals surface area contributed by atoms with Crippen molar-refractivity contribution in [2.75, 3.05) is 23.4 Å². The smallest absolute Gasteiger partial charge is 0.222 e. The number of amides is 1. The molecule has 2 N–H and O–H groups in total. The van der Waals surface area contributed by atoms with Crippen molar-refractivity contribution in [3.63, 3.8) is 0 Å². The number of pyridine rings is 1. The third-order valence-corrected chi connectivity index (χ3v) is 5.67. The average Bonchev–Trinajstić information content (AvgIpc) is 2.86. The minimum Gasteiger partial charge on any atom is -0.383 e. The maximum atomic E-state index is 11.9. The first-order chi connectivity index (χ1) is 11.0. The molecule has 1 aliphatic heterocycles. The van der Waals surface area contributed by atoms with Crippen LogP contribution in [0.4, 0.5) is 5.69 Å². The van der Waals surface area contributed by atoms with Gasteiger partial charge < -0.3 is 10.6 Å². The Hall–Kier alpha value is -2.15. The SMILES string of the molecule is O=C(CCNc1cccc2cccnc12)NC1CCS(=O)(=O)C1. The summed E-state index contributed by atoms with van der Waals surface area (Å²) in [7, 11) is -2.97. The summed E-state index contributed by atoms with van der Waals surface area (Å²) in [6, 6.07) is 9.48. The topological polar surface area (TPSA) is 88.2 Å². The number of hydrogen-bond donors (Lipinski definition) is 2. The second-order valence-electron chi connectivity index (χ2n) is 5.72. The van der Waals surface area contributed by atoms with Crippen LogP contribution in [0.5, 0.6) is 0 Å². The molecule has 1 saturated heterocycles. The zero-order chi connectivity index (χ0) is 16.3. The van der Waals surface area contributed by atoms with Crippen LogP contribution < -0.4 is 10.6 Å². The molecule has 122 valence electrons. The van der Waals surface area contributed by atoms with Gasteiger partial charge in [0.15, 0.2) is 9.84 Å². The van der Waals surface area contributed by atoms with Crippen LogP contribution in [0.15, 0.2) is 36.5 Å². The van der Waals surface area contributed by atoms with Gasteiger partial charge in [-0.15, -0.1) is 0 Å². The zero-order valence-corrected chi connectivity index (χ0v) is 13.5. The normalized spacial score (nSPS) is 19.6. The minimum absolute atomic E-state index is 0.0550.